The predicted molar refractivity (Wildman–Crippen MR) is 77.0 cm³/mol. The Bertz CT molecular complexity index is 683. The number of halogens is 1. The molecule has 1 aliphatic heterocycles. The van der Waals surface area contributed by atoms with Crippen molar-refractivity contribution in [3.63, 3.8) is 0 Å². The van der Waals surface area contributed by atoms with Gasteiger partial charge in [-0.25, -0.2) is 13.1 Å². The molecule has 1 N–H and O–H groups in total. The van der Waals surface area contributed by atoms with Crippen LogP contribution in [-0.4, -0.2) is 32.1 Å². The summed E-state index contributed by atoms with van der Waals surface area (Å²) in [6.45, 7) is 4.01. The van der Waals surface area contributed by atoms with Gasteiger partial charge in [0, 0.05) is 12.7 Å². The van der Waals surface area contributed by atoms with Crippen molar-refractivity contribution in [1.29, 1.82) is 0 Å². The van der Waals surface area contributed by atoms with Crippen molar-refractivity contribution in [2.24, 2.45) is 0 Å². The Kier molecular flexibility index (Phi) is 4.25. The van der Waals surface area contributed by atoms with Crippen molar-refractivity contribution >= 4 is 27.3 Å². The van der Waals surface area contributed by atoms with Crippen LogP contribution in [0.25, 0.3) is 0 Å². The molecular weight excluding hydrogens is 320 g/mol. The number of sulfonamides is 1. The number of nitro benzene ring substituents is 1. The van der Waals surface area contributed by atoms with E-state index in [0.717, 1.165) is 6.07 Å². The number of nitrogens with zero attached hydrogens (tertiary/aromatic N) is 1. The zero-order chi connectivity index (χ0) is 15.8. The molecule has 1 aromatic carbocycles. The van der Waals surface area contributed by atoms with Crippen LogP contribution in [0, 0.1) is 17.0 Å². The van der Waals surface area contributed by atoms with Crippen molar-refractivity contribution in [2.45, 2.75) is 30.7 Å². The first kappa shape index (κ1) is 16.2. The largest absolute Gasteiger partial charge is 0.379 e. The highest BCUT2D eigenvalue weighted by Crippen LogP contribution is 2.31. The van der Waals surface area contributed by atoms with Crippen LogP contribution in [0.4, 0.5) is 5.69 Å². The average molecular weight is 335 g/mol. The third-order valence-electron chi connectivity index (χ3n) is 3.33. The molecule has 1 fully saturated rings. The summed E-state index contributed by atoms with van der Waals surface area (Å²) in [7, 11) is -3.90. The van der Waals surface area contributed by atoms with E-state index in [4.69, 9.17) is 16.3 Å². The Morgan fingerprint density at radius 1 is 1.48 bits per heavy atom. The third kappa shape index (κ3) is 3.34. The summed E-state index contributed by atoms with van der Waals surface area (Å²) in [6, 6.07) is 2.26. The number of hydrogen-bond acceptors (Lipinski definition) is 5. The van der Waals surface area contributed by atoms with Gasteiger partial charge in [-0.15, -0.1) is 0 Å². The topological polar surface area (TPSA) is 98.5 Å². The summed E-state index contributed by atoms with van der Waals surface area (Å²) in [6.07, 6.45) is 0.543. The summed E-state index contributed by atoms with van der Waals surface area (Å²) >= 11 is 5.77. The third-order valence-corrected chi connectivity index (χ3v) is 5.41. The maximum absolute atomic E-state index is 12.5. The number of aryl methyl sites for hydroxylation is 1. The molecule has 116 valence electrons. The first-order chi connectivity index (χ1) is 9.65. The smallest absolute Gasteiger partial charge is 0.289 e. The van der Waals surface area contributed by atoms with Gasteiger partial charge in [-0.1, -0.05) is 11.6 Å². The highest BCUT2D eigenvalue weighted by Gasteiger charge is 2.35. The molecular formula is C12H15ClN2O5S. The van der Waals surface area contributed by atoms with Gasteiger partial charge in [-0.3, -0.25) is 10.1 Å². The van der Waals surface area contributed by atoms with E-state index in [1.807, 2.05) is 0 Å². The summed E-state index contributed by atoms with van der Waals surface area (Å²) < 4.78 is 32.7. The number of hydrogen-bond donors (Lipinski definition) is 1. The Morgan fingerprint density at radius 3 is 2.67 bits per heavy atom. The van der Waals surface area contributed by atoms with Crippen molar-refractivity contribution in [2.75, 3.05) is 13.2 Å². The first-order valence-corrected chi connectivity index (χ1v) is 8.07. The molecule has 0 bridgehead atoms. The number of ether oxygens (including phenoxy) is 1. The first-order valence-electron chi connectivity index (χ1n) is 6.21. The quantitative estimate of drug-likeness (QED) is 0.670. The van der Waals surface area contributed by atoms with Crippen LogP contribution in [-0.2, 0) is 14.8 Å². The van der Waals surface area contributed by atoms with E-state index in [1.165, 1.54) is 13.0 Å². The minimum atomic E-state index is -3.90. The maximum Gasteiger partial charge on any atom is 0.289 e. The highest BCUT2D eigenvalue weighted by molar-refractivity contribution is 7.89. The molecule has 0 spiro atoms. The fourth-order valence-electron chi connectivity index (χ4n) is 2.20. The summed E-state index contributed by atoms with van der Waals surface area (Å²) in [4.78, 5) is 10.1. The van der Waals surface area contributed by atoms with E-state index >= 15 is 0 Å². The molecule has 2 rings (SSSR count). The number of nitrogens with one attached hydrogen (secondary N) is 1. The molecule has 0 amide bonds. The van der Waals surface area contributed by atoms with E-state index in [0.29, 0.717) is 18.6 Å². The predicted octanol–water partition coefficient (Wildman–Crippen LogP) is 2.01. The monoisotopic (exact) mass is 334 g/mol. The summed E-state index contributed by atoms with van der Waals surface area (Å²) in [5, 5.41) is 10.8. The number of benzene rings is 1. The van der Waals surface area contributed by atoms with E-state index < -0.39 is 26.2 Å². The van der Waals surface area contributed by atoms with E-state index in [2.05, 4.69) is 4.72 Å². The van der Waals surface area contributed by atoms with Gasteiger partial charge in [0.05, 0.1) is 22.0 Å². The van der Waals surface area contributed by atoms with Crippen molar-refractivity contribution < 1.29 is 18.1 Å². The van der Waals surface area contributed by atoms with Gasteiger partial charge in [0.2, 0.25) is 10.0 Å². The summed E-state index contributed by atoms with van der Waals surface area (Å²) in [5.74, 6) is 0. The molecule has 1 aromatic rings. The molecule has 0 radical (unpaired) electrons. The zero-order valence-corrected chi connectivity index (χ0v) is 13.1. The van der Waals surface area contributed by atoms with Gasteiger partial charge in [0.15, 0.2) is 0 Å². The summed E-state index contributed by atoms with van der Waals surface area (Å²) in [5.41, 5.74) is -0.796. The highest BCUT2D eigenvalue weighted by atomic mass is 35.5. The fourth-order valence-corrected chi connectivity index (χ4v) is 4.15. The van der Waals surface area contributed by atoms with Crippen LogP contribution in [0.15, 0.2) is 17.0 Å². The lowest BCUT2D eigenvalue weighted by molar-refractivity contribution is -0.384. The van der Waals surface area contributed by atoms with Gasteiger partial charge < -0.3 is 4.74 Å². The second kappa shape index (κ2) is 5.53. The van der Waals surface area contributed by atoms with Crippen LogP contribution < -0.4 is 4.72 Å². The Balaban J connectivity index is 2.44. The van der Waals surface area contributed by atoms with E-state index in [-0.39, 0.29) is 16.5 Å². The van der Waals surface area contributed by atoms with Crippen LogP contribution in [0.5, 0.6) is 0 Å². The van der Waals surface area contributed by atoms with E-state index in [1.54, 1.807) is 6.92 Å². The molecule has 9 heteroatoms. The molecule has 7 nitrogen and oxygen atoms in total. The van der Waals surface area contributed by atoms with Gasteiger partial charge >= 0.3 is 0 Å². The van der Waals surface area contributed by atoms with Gasteiger partial charge in [-0.05, 0) is 31.9 Å². The van der Waals surface area contributed by atoms with Crippen molar-refractivity contribution in [3.8, 4) is 0 Å². The number of nitro groups is 1. The SMILES string of the molecule is Cc1cc(Cl)c([N+](=O)[O-])cc1S(=O)(=O)NC1(C)CCOC1. The molecule has 1 saturated heterocycles. The van der Waals surface area contributed by atoms with Gasteiger partial charge in [0.1, 0.15) is 5.02 Å². The van der Waals surface area contributed by atoms with Gasteiger partial charge in [-0.2, -0.15) is 0 Å². The minimum Gasteiger partial charge on any atom is -0.379 e. The molecule has 1 aliphatic rings. The van der Waals surface area contributed by atoms with Crippen LogP contribution in [0.1, 0.15) is 18.9 Å². The zero-order valence-electron chi connectivity index (χ0n) is 11.6. The lowest BCUT2D eigenvalue weighted by Crippen LogP contribution is -2.46. The molecule has 0 saturated carbocycles. The molecule has 1 atom stereocenters. The molecule has 1 unspecified atom stereocenters. The van der Waals surface area contributed by atoms with Crippen molar-refractivity contribution in [1.82, 2.24) is 4.72 Å². The second-order valence-electron chi connectivity index (χ2n) is 5.29. The maximum atomic E-state index is 12.5. The molecule has 21 heavy (non-hydrogen) atoms. The van der Waals surface area contributed by atoms with E-state index in [9.17, 15) is 18.5 Å². The average Bonchev–Trinajstić information content (AvgIpc) is 2.73. The lowest BCUT2D eigenvalue weighted by Gasteiger charge is -2.23. The Hall–Kier alpha value is -1.22. The van der Waals surface area contributed by atoms with Crippen molar-refractivity contribution in [3.05, 3.63) is 32.8 Å². The Morgan fingerprint density at radius 2 is 2.14 bits per heavy atom. The van der Waals surface area contributed by atoms with Crippen LogP contribution in [0.3, 0.4) is 0 Å². The molecule has 0 aromatic heterocycles. The standard InChI is InChI=1S/C12H15ClN2O5S/c1-8-5-9(13)10(15(16)17)6-11(8)21(18,19)14-12(2)3-4-20-7-12/h5-6,14H,3-4,7H2,1-2H3. The minimum absolute atomic E-state index is 0.0909. The Labute approximate surface area is 127 Å². The van der Waals surface area contributed by atoms with Crippen LogP contribution >= 0.6 is 11.6 Å². The normalized spacial score (nSPS) is 22.4. The van der Waals surface area contributed by atoms with Gasteiger partial charge in [0.25, 0.3) is 5.69 Å². The molecule has 0 aliphatic carbocycles. The molecule has 1 heterocycles. The second-order valence-corrected chi connectivity index (χ2v) is 7.35. The fraction of sp³-hybridized carbons (Fsp3) is 0.500. The van der Waals surface area contributed by atoms with Crippen LogP contribution in [0.2, 0.25) is 5.02 Å². The number of rotatable bonds is 4. The lowest BCUT2D eigenvalue weighted by atomic mass is 10.0.